The lowest BCUT2D eigenvalue weighted by Gasteiger charge is -2.35. The van der Waals surface area contributed by atoms with Crippen molar-refractivity contribution in [1.82, 2.24) is 19.5 Å². The van der Waals surface area contributed by atoms with E-state index in [1.54, 1.807) is 0 Å². The highest BCUT2D eigenvalue weighted by Gasteiger charge is 2.21. The third-order valence-electron chi connectivity index (χ3n) is 4.64. The van der Waals surface area contributed by atoms with Gasteiger partial charge in [-0.25, -0.2) is 13.4 Å². The lowest BCUT2D eigenvalue weighted by atomic mass is 10.2. The Hall–Kier alpha value is -1.67. The lowest BCUT2D eigenvalue weighted by molar-refractivity contribution is 0.271. The topological polar surface area (TPSA) is 70.8 Å². The van der Waals surface area contributed by atoms with Crippen LogP contribution in [0.5, 0.6) is 0 Å². The number of nitrogens with zero attached hydrogens (tertiary/aromatic N) is 5. The van der Waals surface area contributed by atoms with Gasteiger partial charge in [-0.05, 0) is 20.8 Å². The van der Waals surface area contributed by atoms with Gasteiger partial charge < -0.3 is 4.90 Å². The standard InChI is InChI=1S/C16H25N5O2S/c1-12-11-15(21-16(17-12)13(2)14(3)18-21)20-7-5-19(6-8-20)9-10-24(4,22)23/h11H,5-10H2,1-4H3. The molecule has 1 aliphatic rings. The van der Waals surface area contributed by atoms with Crippen LogP contribution in [0.2, 0.25) is 0 Å². The van der Waals surface area contributed by atoms with Crippen LogP contribution in [-0.4, -0.2) is 72.6 Å². The molecule has 0 spiro atoms. The number of aromatic nitrogens is 3. The van der Waals surface area contributed by atoms with Crippen molar-refractivity contribution in [3.05, 3.63) is 23.0 Å². The van der Waals surface area contributed by atoms with E-state index in [1.165, 1.54) is 6.26 Å². The molecule has 0 atom stereocenters. The summed E-state index contributed by atoms with van der Waals surface area (Å²) in [5.74, 6) is 1.29. The smallest absolute Gasteiger partial charge is 0.160 e. The minimum absolute atomic E-state index is 0.225. The van der Waals surface area contributed by atoms with Gasteiger partial charge in [-0.2, -0.15) is 9.61 Å². The van der Waals surface area contributed by atoms with Gasteiger partial charge in [0.05, 0.1) is 11.4 Å². The van der Waals surface area contributed by atoms with Gasteiger partial charge in [0.1, 0.15) is 15.7 Å². The number of anilines is 1. The van der Waals surface area contributed by atoms with Crippen LogP contribution in [0.15, 0.2) is 6.07 Å². The Morgan fingerprint density at radius 3 is 2.42 bits per heavy atom. The Morgan fingerprint density at radius 1 is 1.12 bits per heavy atom. The third kappa shape index (κ3) is 3.54. The monoisotopic (exact) mass is 351 g/mol. The summed E-state index contributed by atoms with van der Waals surface area (Å²) >= 11 is 0. The number of hydrogen-bond acceptors (Lipinski definition) is 6. The SMILES string of the molecule is Cc1cc(N2CCN(CCS(C)(=O)=O)CC2)n2nc(C)c(C)c2n1. The Kier molecular flexibility index (Phi) is 4.52. The van der Waals surface area contributed by atoms with Crippen molar-refractivity contribution in [2.75, 3.05) is 49.6 Å². The van der Waals surface area contributed by atoms with Crippen LogP contribution in [0.25, 0.3) is 5.65 Å². The second kappa shape index (κ2) is 6.33. The zero-order chi connectivity index (χ0) is 17.5. The predicted octanol–water partition coefficient (Wildman–Crippen LogP) is 0.821. The van der Waals surface area contributed by atoms with E-state index in [9.17, 15) is 8.42 Å². The van der Waals surface area contributed by atoms with Crippen molar-refractivity contribution < 1.29 is 8.42 Å². The summed E-state index contributed by atoms with van der Waals surface area (Å²) in [6, 6.07) is 2.07. The molecule has 2 aromatic heterocycles. The third-order valence-corrected chi connectivity index (χ3v) is 5.56. The van der Waals surface area contributed by atoms with Gasteiger partial charge in [0, 0.05) is 56.3 Å². The van der Waals surface area contributed by atoms with E-state index in [0.717, 1.165) is 54.6 Å². The maximum absolute atomic E-state index is 11.3. The fraction of sp³-hybridized carbons (Fsp3) is 0.625. The maximum atomic E-state index is 11.3. The molecule has 0 radical (unpaired) electrons. The summed E-state index contributed by atoms with van der Waals surface area (Å²) in [5.41, 5.74) is 4.02. The molecule has 3 rings (SSSR count). The van der Waals surface area contributed by atoms with Crippen LogP contribution < -0.4 is 4.90 Å². The molecule has 1 saturated heterocycles. The van der Waals surface area contributed by atoms with Gasteiger partial charge in [-0.3, -0.25) is 4.90 Å². The van der Waals surface area contributed by atoms with E-state index in [0.29, 0.717) is 6.54 Å². The molecule has 7 nitrogen and oxygen atoms in total. The van der Waals surface area contributed by atoms with E-state index >= 15 is 0 Å². The molecule has 2 aromatic rings. The Morgan fingerprint density at radius 2 is 1.79 bits per heavy atom. The molecule has 0 aromatic carbocycles. The lowest BCUT2D eigenvalue weighted by Crippen LogP contribution is -2.48. The summed E-state index contributed by atoms with van der Waals surface area (Å²) < 4.78 is 24.6. The molecule has 0 N–H and O–H groups in total. The summed E-state index contributed by atoms with van der Waals surface area (Å²) in [5, 5.41) is 4.64. The van der Waals surface area contributed by atoms with Gasteiger partial charge in [0.15, 0.2) is 5.65 Å². The highest BCUT2D eigenvalue weighted by atomic mass is 32.2. The first-order valence-corrected chi connectivity index (χ1v) is 10.3. The molecule has 8 heteroatoms. The fourth-order valence-corrected chi connectivity index (χ4v) is 3.64. The number of sulfone groups is 1. The molecular formula is C16H25N5O2S. The van der Waals surface area contributed by atoms with E-state index in [2.05, 4.69) is 32.9 Å². The second-order valence-electron chi connectivity index (χ2n) is 6.66. The largest absolute Gasteiger partial charge is 0.354 e. The number of fused-ring (bicyclic) bond motifs is 1. The van der Waals surface area contributed by atoms with Crippen molar-refractivity contribution in [3.8, 4) is 0 Å². The number of aryl methyl sites for hydroxylation is 3. The summed E-state index contributed by atoms with van der Waals surface area (Å²) in [6.07, 6.45) is 1.29. The van der Waals surface area contributed by atoms with Crippen LogP contribution >= 0.6 is 0 Å². The van der Waals surface area contributed by atoms with Crippen LogP contribution in [0.1, 0.15) is 17.0 Å². The highest BCUT2D eigenvalue weighted by Crippen LogP contribution is 2.22. The van der Waals surface area contributed by atoms with Crippen molar-refractivity contribution in [1.29, 1.82) is 0 Å². The Bertz CT molecular complexity index is 851. The van der Waals surface area contributed by atoms with E-state index in [-0.39, 0.29) is 5.75 Å². The van der Waals surface area contributed by atoms with Gasteiger partial charge in [0.2, 0.25) is 0 Å². The van der Waals surface area contributed by atoms with Crippen molar-refractivity contribution in [3.63, 3.8) is 0 Å². The van der Waals surface area contributed by atoms with Crippen LogP contribution in [-0.2, 0) is 9.84 Å². The van der Waals surface area contributed by atoms with E-state index in [4.69, 9.17) is 0 Å². The van der Waals surface area contributed by atoms with Gasteiger partial charge in [-0.1, -0.05) is 0 Å². The first-order valence-electron chi connectivity index (χ1n) is 8.23. The molecule has 0 bridgehead atoms. The minimum atomic E-state index is -2.90. The molecule has 0 aliphatic carbocycles. The molecule has 0 saturated carbocycles. The van der Waals surface area contributed by atoms with E-state index in [1.807, 2.05) is 18.4 Å². The van der Waals surface area contributed by atoms with Crippen molar-refractivity contribution >= 4 is 21.3 Å². The van der Waals surface area contributed by atoms with Crippen LogP contribution in [0.3, 0.4) is 0 Å². The number of rotatable bonds is 4. The number of hydrogen-bond donors (Lipinski definition) is 0. The maximum Gasteiger partial charge on any atom is 0.160 e. The predicted molar refractivity (Wildman–Crippen MR) is 95.6 cm³/mol. The van der Waals surface area contributed by atoms with Gasteiger partial charge >= 0.3 is 0 Å². The average molecular weight is 351 g/mol. The summed E-state index contributed by atoms with van der Waals surface area (Å²) in [7, 11) is -2.90. The molecule has 1 aliphatic heterocycles. The second-order valence-corrected chi connectivity index (χ2v) is 8.92. The average Bonchev–Trinajstić information content (AvgIpc) is 2.80. The molecular weight excluding hydrogens is 326 g/mol. The van der Waals surface area contributed by atoms with Crippen LogP contribution in [0, 0.1) is 20.8 Å². The molecule has 1 fully saturated rings. The first kappa shape index (κ1) is 17.2. The molecule has 132 valence electrons. The molecule has 0 unspecified atom stereocenters. The first-order chi connectivity index (χ1) is 11.2. The van der Waals surface area contributed by atoms with Crippen molar-refractivity contribution in [2.24, 2.45) is 0 Å². The molecule has 3 heterocycles. The fourth-order valence-electron chi connectivity index (χ4n) is 3.05. The quantitative estimate of drug-likeness (QED) is 0.812. The van der Waals surface area contributed by atoms with Gasteiger partial charge in [0.25, 0.3) is 0 Å². The van der Waals surface area contributed by atoms with E-state index < -0.39 is 9.84 Å². The number of piperazine rings is 1. The Labute approximate surface area is 143 Å². The zero-order valence-electron chi connectivity index (χ0n) is 14.8. The van der Waals surface area contributed by atoms with Crippen molar-refractivity contribution in [2.45, 2.75) is 20.8 Å². The Balaban J connectivity index is 1.77. The summed E-state index contributed by atoms with van der Waals surface area (Å²) in [6.45, 7) is 10.1. The zero-order valence-corrected chi connectivity index (χ0v) is 15.6. The minimum Gasteiger partial charge on any atom is -0.354 e. The highest BCUT2D eigenvalue weighted by molar-refractivity contribution is 7.90. The van der Waals surface area contributed by atoms with Crippen LogP contribution in [0.4, 0.5) is 5.82 Å². The van der Waals surface area contributed by atoms with Gasteiger partial charge in [-0.15, -0.1) is 0 Å². The molecule has 24 heavy (non-hydrogen) atoms. The molecule has 0 amide bonds. The summed E-state index contributed by atoms with van der Waals surface area (Å²) in [4.78, 5) is 9.14. The normalized spacial score (nSPS) is 16.9.